The minimum Gasteiger partial charge on any atom is -0.388 e. The number of benzene rings is 4. The molecule has 0 aliphatic carbocycles. The van der Waals surface area contributed by atoms with Gasteiger partial charge >= 0.3 is 0 Å². The van der Waals surface area contributed by atoms with Gasteiger partial charge in [-0.2, -0.15) is 0 Å². The normalized spacial score (nSPS) is 11.5. The average Bonchev–Trinajstić information content (AvgIpc) is 3.00. The van der Waals surface area contributed by atoms with E-state index in [1.165, 1.54) is 42.5 Å². The van der Waals surface area contributed by atoms with Crippen molar-refractivity contribution in [3.63, 3.8) is 0 Å². The second-order valence-electron chi connectivity index (χ2n) is 8.68. The molecule has 0 fully saturated rings. The minimum absolute atomic E-state index is 0.0925. The average molecular weight is 639 g/mol. The molecule has 0 unspecified atom stereocenters. The van der Waals surface area contributed by atoms with E-state index in [9.17, 15) is 26.4 Å². The van der Waals surface area contributed by atoms with Crippen LogP contribution in [0.4, 0.5) is 11.4 Å². The Balaban J connectivity index is 0.000000236. The Morgan fingerprint density at radius 2 is 1.05 bits per heavy atom. The van der Waals surface area contributed by atoms with Crippen LogP contribution >= 0.6 is 11.6 Å². The van der Waals surface area contributed by atoms with E-state index >= 15 is 0 Å². The zero-order valence-electron chi connectivity index (χ0n) is 22.5. The van der Waals surface area contributed by atoms with Crippen molar-refractivity contribution in [1.82, 2.24) is 0 Å². The highest BCUT2D eigenvalue weighted by atomic mass is 35.5. The molecule has 0 saturated carbocycles. The molecule has 4 aromatic carbocycles. The van der Waals surface area contributed by atoms with Gasteiger partial charge in [-0.05, 0) is 83.4 Å². The van der Waals surface area contributed by atoms with Crippen molar-refractivity contribution in [2.75, 3.05) is 16.1 Å². The summed E-state index contributed by atoms with van der Waals surface area (Å²) in [4.78, 5) is 21.9. The fourth-order valence-electron chi connectivity index (χ4n) is 3.41. The van der Waals surface area contributed by atoms with Crippen molar-refractivity contribution in [1.29, 1.82) is 0 Å². The number of para-hydroxylation sites is 2. The molecule has 4 aromatic rings. The summed E-state index contributed by atoms with van der Waals surface area (Å²) >= 11 is 5.21. The van der Waals surface area contributed by atoms with Crippen molar-refractivity contribution in [3.05, 3.63) is 132 Å². The van der Waals surface area contributed by atoms with Gasteiger partial charge in [0.15, 0.2) is 5.78 Å². The molecule has 0 aliphatic rings. The molecular formula is C31H27ClN2O7S2. The first kappa shape index (κ1) is 33.0. The van der Waals surface area contributed by atoms with E-state index < -0.39 is 37.7 Å². The van der Waals surface area contributed by atoms with E-state index in [1.54, 1.807) is 84.9 Å². The first-order chi connectivity index (χ1) is 20.5. The number of hydrogen-bond donors (Lipinski definition) is 3. The minimum atomic E-state index is -3.70. The maximum atomic E-state index is 12.3. The summed E-state index contributed by atoms with van der Waals surface area (Å²) in [6, 6.07) is 29.6. The van der Waals surface area contributed by atoms with Crippen molar-refractivity contribution in [2.45, 2.75) is 9.79 Å². The Morgan fingerprint density at radius 3 is 1.44 bits per heavy atom. The number of halogens is 1. The maximum Gasteiger partial charge on any atom is 0.261 e. The van der Waals surface area contributed by atoms with Crippen LogP contribution in [-0.2, 0) is 29.6 Å². The van der Waals surface area contributed by atoms with E-state index in [1.807, 2.05) is 0 Å². The molecule has 0 aromatic heterocycles. The number of anilines is 2. The Labute approximate surface area is 255 Å². The molecule has 9 nitrogen and oxygen atoms in total. The number of nitrogens with one attached hydrogen (secondary N) is 2. The summed E-state index contributed by atoms with van der Waals surface area (Å²) in [5.41, 5.74) is 2.07. The van der Waals surface area contributed by atoms with Crippen molar-refractivity contribution < 1.29 is 31.5 Å². The topological polar surface area (TPSA) is 147 Å². The summed E-state index contributed by atoms with van der Waals surface area (Å²) in [6.45, 7) is -0.579. The first-order valence-corrected chi connectivity index (χ1v) is 15.9. The molecule has 3 N–H and O–H groups in total. The number of allylic oxidation sites excluding steroid dienone is 1. The molecule has 0 heterocycles. The third kappa shape index (κ3) is 11.0. The lowest BCUT2D eigenvalue weighted by molar-refractivity contribution is -0.117. The van der Waals surface area contributed by atoms with Crippen LogP contribution in [0.15, 0.2) is 131 Å². The molecule has 0 aliphatic heterocycles. The van der Waals surface area contributed by atoms with E-state index in [4.69, 9.17) is 16.7 Å². The summed E-state index contributed by atoms with van der Waals surface area (Å²) in [5, 5.41) is 8.03. The van der Waals surface area contributed by atoms with Gasteiger partial charge in [0.2, 0.25) is 5.24 Å². The van der Waals surface area contributed by atoms with Crippen LogP contribution in [0.25, 0.3) is 12.2 Å². The van der Waals surface area contributed by atoms with Gasteiger partial charge in [0, 0.05) is 11.4 Å². The number of carbonyl (C=O) groups excluding carboxylic acids is 2. The van der Waals surface area contributed by atoms with E-state index in [2.05, 4.69) is 9.44 Å². The van der Waals surface area contributed by atoms with Gasteiger partial charge in [0.25, 0.3) is 20.0 Å². The Bertz CT molecular complexity index is 1830. The number of ketones is 1. The lowest BCUT2D eigenvalue weighted by atomic mass is 10.2. The number of aliphatic hydroxyl groups excluding tert-OH is 1. The maximum absolute atomic E-state index is 12.3. The second-order valence-corrected chi connectivity index (χ2v) is 12.4. The van der Waals surface area contributed by atoms with Crippen LogP contribution in [0, 0.1) is 0 Å². The largest absolute Gasteiger partial charge is 0.388 e. The van der Waals surface area contributed by atoms with E-state index in [0.29, 0.717) is 22.5 Å². The van der Waals surface area contributed by atoms with Gasteiger partial charge in [-0.1, -0.05) is 72.8 Å². The van der Waals surface area contributed by atoms with Gasteiger partial charge in [0.1, 0.15) is 6.61 Å². The van der Waals surface area contributed by atoms with Gasteiger partial charge < -0.3 is 5.11 Å². The van der Waals surface area contributed by atoms with Crippen LogP contribution in [0.5, 0.6) is 0 Å². The molecule has 0 spiro atoms. The van der Waals surface area contributed by atoms with Crippen LogP contribution in [-0.4, -0.2) is 39.6 Å². The van der Waals surface area contributed by atoms with Crippen LogP contribution in [0.2, 0.25) is 0 Å². The number of hydrogen-bond acceptors (Lipinski definition) is 7. The SMILES string of the molecule is O=C(/C=C/c1cccc(S(=O)(=O)Nc2ccccc2)c1)CO.O=C(Cl)/C=C/c1cccc(S(=O)(=O)Nc2ccccc2)c1. The van der Waals surface area contributed by atoms with Crippen molar-refractivity contribution in [3.8, 4) is 0 Å². The molecule has 0 saturated heterocycles. The molecule has 0 bridgehead atoms. The molecule has 0 atom stereocenters. The zero-order valence-corrected chi connectivity index (χ0v) is 24.9. The Hall–Kier alpha value is -4.55. The zero-order chi connectivity index (χ0) is 31.3. The van der Waals surface area contributed by atoms with E-state index in [0.717, 1.165) is 6.08 Å². The number of aliphatic hydroxyl groups is 1. The molecule has 0 radical (unpaired) electrons. The van der Waals surface area contributed by atoms with Crippen LogP contribution < -0.4 is 9.44 Å². The third-order valence-electron chi connectivity index (χ3n) is 5.41. The van der Waals surface area contributed by atoms with Crippen molar-refractivity contribution >= 4 is 66.2 Å². The van der Waals surface area contributed by atoms with Gasteiger partial charge in [-0.15, -0.1) is 0 Å². The van der Waals surface area contributed by atoms with Gasteiger partial charge in [-0.25, -0.2) is 16.8 Å². The second kappa shape index (κ2) is 15.6. The van der Waals surface area contributed by atoms with Crippen molar-refractivity contribution in [2.24, 2.45) is 0 Å². The molecule has 4 rings (SSSR count). The highest BCUT2D eigenvalue weighted by Gasteiger charge is 2.15. The highest BCUT2D eigenvalue weighted by Crippen LogP contribution is 2.19. The van der Waals surface area contributed by atoms with Crippen LogP contribution in [0.3, 0.4) is 0 Å². The predicted octanol–water partition coefficient (Wildman–Crippen LogP) is 5.33. The molecule has 0 amide bonds. The predicted molar refractivity (Wildman–Crippen MR) is 168 cm³/mol. The summed E-state index contributed by atoms with van der Waals surface area (Å²) in [7, 11) is -7.37. The molecule has 222 valence electrons. The summed E-state index contributed by atoms with van der Waals surface area (Å²) in [5.74, 6) is -0.448. The third-order valence-corrected chi connectivity index (χ3v) is 8.30. The number of carbonyl (C=O) groups is 2. The molecular weight excluding hydrogens is 612 g/mol. The fraction of sp³-hybridized carbons (Fsp3) is 0.0323. The number of sulfonamides is 2. The standard InChI is InChI=1S/C16H15NO4S.C15H12ClNO3S/c18-12-15(19)10-9-13-5-4-8-16(11-13)22(20,21)17-14-6-2-1-3-7-14;16-15(18)10-9-12-5-4-8-14(11-12)21(19,20)17-13-6-2-1-3-7-13/h1-11,17-18H,12H2;1-11,17H/b2*10-9+. The van der Waals surface area contributed by atoms with Gasteiger partial charge in [-0.3, -0.25) is 19.0 Å². The van der Waals surface area contributed by atoms with E-state index in [-0.39, 0.29) is 9.79 Å². The quantitative estimate of drug-likeness (QED) is 0.149. The first-order valence-electron chi connectivity index (χ1n) is 12.5. The lowest BCUT2D eigenvalue weighted by Crippen LogP contribution is -2.12. The van der Waals surface area contributed by atoms with Crippen LogP contribution in [0.1, 0.15) is 11.1 Å². The molecule has 43 heavy (non-hydrogen) atoms. The fourth-order valence-corrected chi connectivity index (χ4v) is 5.70. The number of rotatable bonds is 11. The molecule has 12 heteroatoms. The lowest BCUT2D eigenvalue weighted by Gasteiger charge is -2.08. The van der Waals surface area contributed by atoms with Gasteiger partial charge in [0.05, 0.1) is 9.79 Å². The Morgan fingerprint density at radius 1 is 0.628 bits per heavy atom. The summed E-state index contributed by atoms with van der Waals surface area (Å²) < 4.78 is 54.1. The Kier molecular flexibility index (Phi) is 12.0. The smallest absolute Gasteiger partial charge is 0.261 e. The highest BCUT2D eigenvalue weighted by molar-refractivity contribution is 7.93. The monoisotopic (exact) mass is 638 g/mol. The summed E-state index contributed by atoms with van der Waals surface area (Å²) in [6.07, 6.45) is 5.28.